The van der Waals surface area contributed by atoms with Crippen LogP contribution in [-0.4, -0.2) is 59.4 Å². The highest BCUT2D eigenvalue weighted by Crippen LogP contribution is 2.29. The second-order valence-electron chi connectivity index (χ2n) is 8.95. The molecule has 9 heteroatoms. The van der Waals surface area contributed by atoms with Crippen molar-refractivity contribution < 1.29 is 9.47 Å². The number of anilines is 1. The summed E-state index contributed by atoms with van der Waals surface area (Å²) in [7, 11) is 0.526. The number of hydrogen-bond acceptors (Lipinski definition) is 7. The fourth-order valence-electron chi connectivity index (χ4n) is 3.45. The molecule has 0 saturated carbocycles. The first-order valence-corrected chi connectivity index (χ1v) is 14.5. The average Bonchev–Trinajstić information content (AvgIpc) is 3.10. The van der Waals surface area contributed by atoms with Crippen molar-refractivity contribution in [3.63, 3.8) is 0 Å². The number of nitrogens with zero attached hydrogens (tertiary/aromatic N) is 5. The molecule has 1 N–H and O–H groups in total. The van der Waals surface area contributed by atoms with E-state index in [9.17, 15) is 0 Å². The Labute approximate surface area is 189 Å². The molecule has 4 heterocycles. The first-order valence-electron chi connectivity index (χ1n) is 10.8. The van der Waals surface area contributed by atoms with Crippen LogP contribution in [0.5, 0.6) is 0 Å². The molecule has 0 spiro atoms. The molecule has 4 aromatic rings. The van der Waals surface area contributed by atoms with Gasteiger partial charge in [0.25, 0.3) is 0 Å². The van der Waals surface area contributed by atoms with Gasteiger partial charge in [0, 0.05) is 69.5 Å². The van der Waals surface area contributed by atoms with Crippen molar-refractivity contribution in [3.8, 4) is 11.3 Å². The van der Waals surface area contributed by atoms with Gasteiger partial charge in [-0.25, -0.2) is 15.0 Å². The summed E-state index contributed by atoms with van der Waals surface area (Å²) in [6.07, 6.45) is 7.27. The maximum absolute atomic E-state index is 6.07. The summed E-state index contributed by atoms with van der Waals surface area (Å²) >= 11 is 0. The van der Waals surface area contributed by atoms with Crippen molar-refractivity contribution in [2.45, 2.75) is 32.4 Å². The van der Waals surface area contributed by atoms with Gasteiger partial charge in [-0.1, -0.05) is 19.6 Å². The molecule has 4 rings (SSSR count). The van der Waals surface area contributed by atoms with Gasteiger partial charge in [0.15, 0.2) is 0 Å². The van der Waals surface area contributed by atoms with Crippen molar-refractivity contribution in [2.75, 3.05) is 32.2 Å². The van der Waals surface area contributed by atoms with E-state index in [-0.39, 0.29) is 0 Å². The molecule has 0 aromatic carbocycles. The number of hydrogen-bond donors (Lipinski definition) is 1. The molecule has 0 unspecified atom stereocenters. The van der Waals surface area contributed by atoms with Crippen LogP contribution in [0.15, 0.2) is 43.0 Å². The first kappa shape index (κ1) is 22.3. The van der Waals surface area contributed by atoms with Gasteiger partial charge < -0.3 is 19.4 Å². The predicted octanol–water partition coefficient (Wildman–Crippen LogP) is 4.41. The van der Waals surface area contributed by atoms with Gasteiger partial charge in [-0.05, 0) is 24.2 Å². The van der Waals surface area contributed by atoms with Gasteiger partial charge in [0.05, 0.1) is 17.8 Å². The van der Waals surface area contributed by atoms with Crippen LogP contribution in [0.1, 0.15) is 0 Å². The smallest absolute Gasteiger partial charge is 0.222 e. The molecule has 0 amide bonds. The third kappa shape index (κ3) is 5.12. The summed E-state index contributed by atoms with van der Waals surface area (Å²) in [6, 6.07) is 7.24. The average molecular weight is 451 g/mol. The molecular weight excluding hydrogens is 420 g/mol. The summed E-state index contributed by atoms with van der Waals surface area (Å²) in [5, 5.41) is 5.26. The van der Waals surface area contributed by atoms with E-state index in [1.807, 2.05) is 24.5 Å². The van der Waals surface area contributed by atoms with Crippen molar-refractivity contribution >= 4 is 36.0 Å². The lowest BCUT2D eigenvalue weighted by molar-refractivity contribution is 0.0926. The van der Waals surface area contributed by atoms with E-state index >= 15 is 0 Å². The van der Waals surface area contributed by atoms with Crippen LogP contribution in [0.4, 0.5) is 5.95 Å². The minimum atomic E-state index is -1.14. The Hall–Kier alpha value is -2.88. The van der Waals surface area contributed by atoms with Crippen LogP contribution in [-0.2, 0) is 16.2 Å². The zero-order chi connectivity index (χ0) is 22.6. The van der Waals surface area contributed by atoms with Gasteiger partial charge in [0.1, 0.15) is 12.4 Å². The molecule has 32 heavy (non-hydrogen) atoms. The molecule has 0 aliphatic heterocycles. The number of pyridine rings is 2. The molecule has 0 saturated heterocycles. The first-order chi connectivity index (χ1) is 15.5. The quantitative estimate of drug-likeness (QED) is 0.283. The summed E-state index contributed by atoms with van der Waals surface area (Å²) in [5.74, 6) is 0.572. The van der Waals surface area contributed by atoms with E-state index in [4.69, 9.17) is 14.5 Å². The third-order valence-electron chi connectivity index (χ3n) is 5.26. The maximum Gasteiger partial charge on any atom is 0.222 e. The van der Waals surface area contributed by atoms with Crippen LogP contribution >= 0.6 is 0 Å². The molecule has 4 aromatic heterocycles. The molecule has 0 bridgehead atoms. The lowest BCUT2D eigenvalue weighted by Crippen LogP contribution is -2.22. The second-order valence-corrected chi connectivity index (χ2v) is 14.6. The van der Waals surface area contributed by atoms with Crippen LogP contribution in [0, 0.1) is 0 Å². The highest BCUT2D eigenvalue weighted by atomic mass is 28.3. The zero-order valence-corrected chi connectivity index (χ0v) is 20.1. The van der Waals surface area contributed by atoms with Crippen LogP contribution in [0.2, 0.25) is 25.7 Å². The Kier molecular flexibility index (Phi) is 6.78. The standard InChI is InChI=1S/C23H30N6O2Si/c1-30-10-9-25-23-26-13-17(14-27-23)20-6-5-18-19-15-24-8-7-21(19)29(22(18)28-20)16-31-11-12-32(2,3)4/h5-8,13-15H,9-12,16H2,1-4H3,(H,25,26,27). The Morgan fingerprint density at radius 2 is 1.81 bits per heavy atom. The van der Waals surface area contributed by atoms with E-state index in [1.54, 1.807) is 19.5 Å². The summed E-state index contributed by atoms with van der Waals surface area (Å²) in [6.45, 7) is 9.55. The molecule has 8 nitrogen and oxygen atoms in total. The monoisotopic (exact) mass is 450 g/mol. The minimum Gasteiger partial charge on any atom is -0.383 e. The fraction of sp³-hybridized carbons (Fsp3) is 0.391. The topological polar surface area (TPSA) is 87.0 Å². The molecule has 0 aliphatic rings. The minimum absolute atomic E-state index is 0.462. The second kappa shape index (κ2) is 9.72. The fourth-order valence-corrected chi connectivity index (χ4v) is 4.21. The zero-order valence-electron chi connectivity index (χ0n) is 19.1. The highest BCUT2D eigenvalue weighted by Gasteiger charge is 2.15. The van der Waals surface area contributed by atoms with E-state index in [0.29, 0.717) is 25.8 Å². The normalized spacial score (nSPS) is 12.0. The van der Waals surface area contributed by atoms with Crippen molar-refractivity contribution in [2.24, 2.45) is 0 Å². The number of methoxy groups -OCH3 is 1. The van der Waals surface area contributed by atoms with E-state index < -0.39 is 8.07 Å². The van der Waals surface area contributed by atoms with Gasteiger partial charge in [0.2, 0.25) is 5.95 Å². The Balaban J connectivity index is 1.63. The van der Waals surface area contributed by atoms with Crippen molar-refractivity contribution in [1.82, 2.24) is 24.5 Å². The van der Waals surface area contributed by atoms with E-state index in [0.717, 1.165) is 45.8 Å². The number of fused-ring (bicyclic) bond motifs is 3. The van der Waals surface area contributed by atoms with Gasteiger partial charge in [-0.3, -0.25) is 4.98 Å². The largest absolute Gasteiger partial charge is 0.383 e. The van der Waals surface area contributed by atoms with Crippen molar-refractivity contribution in [1.29, 1.82) is 0 Å². The maximum atomic E-state index is 6.07. The Bertz CT molecular complexity index is 1190. The SMILES string of the molecule is COCCNc1ncc(-c2ccc3c4cnccc4n(COCC[Si](C)(C)C)c3n2)cn1. The lowest BCUT2D eigenvalue weighted by Gasteiger charge is -2.16. The van der Waals surface area contributed by atoms with Crippen molar-refractivity contribution in [3.05, 3.63) is 43.0 Å². The number of rotatable bonds is 10. The summed E-state index contributed by atoms with van der Waals surface area (Å²) in [4.78, 5) is 18.1. The molecular formula is C23H30N6O2Si. The van der Waals surface area contributed by atoms with Gasteiger partial charge >= 0.3 is 0 Å². The predicted molar refractivity (Wildman–Crippen MR) is 131 cm³/mol. The molecule has 0 atom stereocenters. The summed E-state index contributed by atoms with van der Waals surface area (Å²) < 4.78 is 13.2. The van der Waals surface area contributed by atoms with E-state index in [1.165, 1.54) is 0 Å². The molecule has 0 radical (unpaired) electrons. The Morgan fingerprint density at radius 1 is 1.00 bits per heavy atom. The number of aromatic nitrogens is 5. The third-order valence-corrected chi connectivity index (χ3v) is 6.97. The molecule has 168 valence electrons. The van der Waals surface area contributed by atoms with Gasteiger partial charge in [-0.2, -0.15) is 0 Å². The number of nitrogens with one attached hydrogen (secondary N) is 1. The Morgan fingerprint density at radius 3 is 2.56 bits per heavy atom. The lowest BCUT2D eigenvalue weighted by atomic mass is 10.2. The van der Waals surface area contributed by atoms with Crippen LogP contribution in [0.3, 0.4) is 0 Å². The summed E-state index contributed by atoms with van der Waals surface area (Å²) in [5.41, 5.74) is 3.63. The molecule has 0 fully saturated rings. The number of ether oxygens (including phenoxy) is 2. The van der Waals surface area contributed by atoms with E-state index in [2.05, 4.69) is 50.5 Å². The highest BCUT2D eigenvalue weighted by molar-refractivity contribution is 6.76. The van der Waals surface area contributed by atoms with Crippen LogP contribution in [0.25, 0.3) is 33.2 Å². The molecule has 0 aliphatic carbocycles. The van der Waals surface area contributed by atoms with Gasteiger partial charge in [-0.15, -0.1) is 0 Å². The van der Waals surface area contributed by atoms with Crippen LogP contribution < -0.4 is 5.32 Å².